The number of hydrogen-bond donors (Lipinski definition) is 1. The Kier molecular flexibility index (Phi) is 4.54. The van der Waals surface area contributed by atoms with E-state index in [9.17, 15) is 8.42 Å². The van der Waals surface area contributed by atoms with Crippen molar-refractivity contribution in [2.24, 2.45) is 0 Å². The van der Waals surface area contributed by atoms with Crippen molar-refractivity contribution in [1.82, 2.24) is 4.72 Å². The lowest BCUT2D eigenvalue weighted by Gasteiger charge is -2.05. The summed E-state index contributed by atoms with van der Waals surface area (Å²) in [5, 5.41) is 0. The average molecular weight is 302 g/mol. The third-order valence-corrected chi connectivity index (χ3v) is 4.26. The molecule has 1 rings (SSSR count). The fourth-order valence-corrected chi connectivity index (χ4v) is 2.34. The summed E-state index contributed by atoms with van der Waals surface area (Å²) in [4.78, 5) is 0.256. The van der Waals surface area contributed by atoms with Crippen molar-refractivity contribution >= 4 is 26.0 Å². The van der Waals surface area contributed by atoms with Crippen molar-refractivity contribution in [3.63, 3.8) is 0 Å². The minimum absolute atomic E-state index is 0.133. The van der Waals surface area contributed by atoms with Crippen molar-refractivity contribution in [2.45, 2.75) is 18.7 Å². The van der Waals surface area contributed by atoms with Crippen LogP contribution in [0.25, 0.3) is 0 Å². The van der Waals surface area contributed by atoms with Gasteiger partial charge in [-0.25, -0.2) is 8.42 Å². The summed E-state index contributed by atoms with van der Waals surface area (Å²) in [5.41, 5.74) is 0.879. The predicted molar refractivity (Wildman–Crippen MR) is 67.5 cm³/mol. The first kappa shape index (κ1) is 13.2. The highest BCUT2D eigenvalue weighted by molar-refractivity contribution is 9.10. The molecule has 0 aliphatic carbocycles. The van der Waals surface area contributed by atoms with Crippen LogP contribution in [-0.4, -0.2) is 15.0 Å². The quantitative estimate of drug-likeness (QED) is 0.869. The van der Waals surface area contributed by atoms with Gasteiger partial charge in [0.15, 0.2) is 0 Å². The van der Waals surface area contributed by atoms with Crippen molar-refractivity contribution < 1.29 is 8.42 Å². The van der Waals surface area contributed by atoms with E-state index in [-0.39, 0.29) is 11.4 Å². The molecule has 0 spiro atoms. The van der Waals surface area contributed by atoms with E-state index in [1.807, 2.05) is 6.92 Å². The van der Waals surface area contributed by atoms with E-state index in [0.29, 0.717) is 0 Å². The first-order chi connectivity index (χ1) is 7.47. The molecular weight excluding hydrogens is 290 g/mol. The van der Waals surface area contributed by atoms with Gasteiger partial charge in [0.2, 0.25) is 10.0 Å². The van der Waals surface area contributed by atoms with Crippen molar-refractivity contribution in [1.29, 1.82) is 0 Å². The zero-order chi connectivity index (χ0) is 12.2. The highest BCUT2D eigenvalue weighted by Gasteiger charge is 2.13. The molecular formula is C11H12BrNO2S. The molecule has 86 valence electrons. The lowest BCUT2D eigenvalue weighted by Crippen LogP contribution is -2.24. The van der Waals surface area contributed by atoms with Crippen LogP contribution in [0.3, 0.4) is 0 Å². The minimum atomic E-state index is -3.45. The maximum absolute atomic E-state index is 11.8. The molecule has 0 unspecified atom stereocenters. The second-order valence-corrected chi connectivity index (χ2v) is 5.78. The van der Waals surface area contributed by atoms with Gasteiger partial charge in [-0.2, -0.15) is 4.72 Å². The first-order valence-electron chi connectivity index (χ1n) is 4.63. The van der Waals surface area contributed by atoms with Crippen LogP contribution in [0.2, 0.25) is 0 Å². The Morgan fingerprint density at radius 3 is 2.69 bits per heavy atom. The molecule has 1 N–H and O–H groups in total. The largest absolute Gasteiger partial charge is 0.241 e. The second kappa shape index (κ2) is 5.48. The normalized spacial score (nSPS) is 10.7. The van der Waals surface area contributed by atoms with Gasteiger partial charge in [-0.15, -0.1) is 5.92 Å². The van der Waals surface area contributed by atoms with Gasteiger partial charge in [-0.1, -0.05) is 21.9 Å². The average Bonchev–Trinajstić information content (AvgIpc) is 2.22. The topological polar surface area (TPSA) is 46.2 Å². The molecule has 0 aliphatic heterocycles. The highest BCUT2D eigenvalue weighted by Crippen LogP contribution is 2.19. The van der Waals surface area contributed by atoms with Gasteiger partial charge in [0.1, 0.15) is 0 Å². The molecule has 3 nitrogen and oxygen atoms in total. The molecule has 0 saturated heterocycles. The molecule has 0 atom stereocenters. The summed E-state index contributed by atoms with van der Waals surface area (Å²) in [6, 6.07) is 4.89. The molecule has 5 heteroatoms. The summed E-state index contributed by atoms with van der Waals surface area (Å²) in [6.07, 6.45) is 0. The molecule has 16 heavy (non-hydrogen) atoms. The SMILES string of the molecule is CC#CCNS(=O)(=O)c1ccc(Br)c(C)c1. The number of halogens is 1. The molecule has 0 saturated carbocycles. The fourth-order valence-electron chi connectivity index (χ4n) is 1.09. The van der Waals surface area contributed by atoms with Crippen LogP contribution in [0, 0.1) is 18.8 Å². The van der Waals surface area contributed by atoms with Gasteiger partial charge in [-0.3, -0.25) is 0 Å². The van der Waals surface area contributed by atoms with Crippen LogP contribution in [0.5, 0.6) is 0 Å². The van der Waals surface area contributed by atoms with Gasteiger partial charge >= 0.3 is 0 Å². The van der Waals surface area contributed by atoms with Crippen LogP contribution in [0.15, 0.2) is 27.6 Å². The van der Waals surface area contributed by atoms with Gasteiger partial charge in [0.25, 0.3) is 0 Å². The lowest BCUT2D eigenvalue weighted by molar-refractivity contribution is 0.586. The van der Waals surface area contributed by atoms with Crippen LogP contribution in [-0.2, 0) is 10.0 Å². The zero-order valence-electron chi connectivity index (χ0n) is 9.04. The monoisotopic (exact) mass is 301 g/mol. The number of nitrogens with one attached hydrogen (secondary N) is 1. The molecule has 0 heterocycles. The van der Waals surface area contributed by atoms with Crippen LogP contribution in [0.1, 0.15) is 12.5 Å². The lowest BCUT2D eigenvalue weighted by atomic mass is 10.2. The van der Waals surface area contributed by atoms with Gasteiger partial charge < -0.3 is 0 Å². The minimum Gasteiger partial charge on any atom is -0.207 e. The third-order valence-electron chi connectivity index (χ3n) is 1.97. The van der Waals surface area contributed by atoms with Crippen molar-refractivity contribution in [3.8, 4) is 11.8 Å². The third kappa shape index (κ3) is 3.34. The van der Waals surface area contributed by atoms with Crippen LogP contribution >= 0.6 is 15.9 Å². The van der Waals surface area contributed by atoms with E-state index in [4.69, 9.17) is 0 Å². The summed E-state index contributed by atoms with van der Waals surface area (Å²) >= 11 is 3.32. The Morgan fingerprint density at radius 1 is 1.44 bits per heavy atom. The number of aryl methyl sites for hydroxylation is 1. The van der Waals surface area contributed by atoms with E-state index < -0.39 is 10.0 Å². The molecule has 0 aliphatic rings. The Hall–Kier alpha value is -0.830. The summed E-state index contributed by atoms with van der Waals surface area (Å²) in [5.74, 6) is 5.28. The molecule has 0 amide bonds. The fraction of sp³-hybridized carbons (Fsp3) is 0.273. The molecule has 0 bridgehead atoms. The Labute approximate surface area is 104 Å². The van der Waals surface area contributed by atoms with Gasteiger partial charge in [-0.05, 0) is 37.6 Å². The summed E-state index contributed by atoms with van der Waals surface area (Å²) < 4.78 is 26.8. The predicted octanol–water partition coefficient (Wildman–Crippen LogP) is 2.06. The molecule has 1 aromatic carbocycles. The number of benzene rings is 1. The smallest absolute Gasteiger partial charge is 0.207 e. The molecule has 0 fully saturated rings. The van der Waals surface area contributed by atoms with Crippen LogP contribution in [0.4, 0.5) is 0 Å². The van der Waals surface area contributed by atoms with Gasteiger partial charge in [0, 0.05) is 4.47 Å². The Bertz CT molecular complexity index is 541. The van der Waals surface area contributed by atoms with E-state index in [1.54, 1.807) is 25.1 Å². The van der Waals surface area contributed by atoms with E-state index in [2.05, 4.69) is 32.5 Å². The van der Waals surface area contributed by atoms with E-state index in [1.165, 1.54) is 0 Å². The number of rotatable bonds is 3. The summed E-state index contributed by atoms with van der Waals surface area (Å²) in [7, 11) is -3.45. The molecule has 1 aromatic rings. The summed E-state index contributed by atoms with van der Waals surface area (Å²) in [6.45, 7) is 3.64. The molecule has 0 radical (unpaired) electrons. The Morgan fingerprint density at radius 2 is 2.12 bits per heavy atom. The van der Waals surface area contributed by atoms with Crippen molar-refractivity contribution in [3.05, 3.63) is 28.2 Å². The first-order valence-corrected chi connectivity index (χ1v) is 6.90. The zero-order valence-corrected chi connectivity index (χ0v) is 11.4. The maximum atomic E-state index is 11.8. The maximum Gasteiger partial charge on any atom is 0.241 e. The van der Waals surface area contributed by atoms with E-state index in [0.717, 1.165) is 10.0 Å². The van der Waals surface area contributed by atoms with Crippen LogP contribution < -0.4 is 4.72 Å². The van der Waals surface area contributed by atoms with Crippen molar-refractivity contribution in [2.75, 3.05) is 6.54 Å². The van der Waals surface area contributed by atoms with Gasteiger partial charge in [0.05, 0.1) is 11.4 Å². The number of sulfonamides is 1. The highest BCUT2D eigenvalue weighted by atomic mass is 79.9. The molecule has 0 aromatic heterocycles. The Balaban J connectivity index is 2.97. The second-order valence-electron chi connectivity index (χ2n) is 3.16. The standard InChI is InChI=1S/C11H12BrNO2S/c1-3-4-7-13-16(14,15)10-5-6-11(12)9(2)8-10/h5-6,8,13H,7H2,1-2H3. The van der Waals surface area contributed by atoms with E-state index >= 15 is 0 Å². The number of hydrogen-bond acceptors (Lipinski definition) is 2.